The molecule has 0 amide bonds. The van der Waals surface area contributed by atoms with Gasteiger partial charge in [0.15, 0.2) is 7.05 Å². The van der Waals surface area contributed by atoms with E-state index in [1.54, 1.807) is 0 Å². The summed E-state index contributed by atoms with van der Waals surface area (Å²) in [6.07, 6.45) is 9.52. The van der Waals surface area contributed by atoms with Gasteiger partial charge in [0.1, 0.15) is 23.0 Å². The van der Waals surface area contributed by atoms with E-state index in [0.717, 1.165) is 64.2 Å². The van der Waals surface area contributed by atoms with Crippen molar-refractivity contribution in [3.63, 3.8) is 0 Å². The van der Waals surface area contributed by atoms with Crippen LogP contribution in [0.4, 0.5) is 11.4 Å². The highest BCUT2D eigenvalue weighted by Crippen LogP contribution is 2.36. The van der Waals surface area contributed by atoms with Crippen molar-refractivity contribution in [3.05, 3.63) is 128 Å². The predicted octanol–water partition coefficient (Wildman–Crippen LogP) is 8.94. The number of nitrogens with zero attached hydrogens (tertiary/aromatic N) is 4. The minimum atomic E-state index is 0.750. The number of pyridine rings is 1. The molecule has 5 aromatic rings. The van der Waals surface area contributed by atoms with Gasteiger partial charge in [0, 0.05) is 42.7 Å². The first-order valence-corrected chi connectivity index (χ1v) is 15.1. The van der Waals surface area contributed by atoms with E-state index in [9.17, 15) is 0 Å². The van der Waals surface area contributed by atoms with Gasteiger partial charge in [0.2, 0.25) is 11.9 Å². The predicted molar refractivity (Wildman–Crippen MR) is 174 cm³/mol. The number of piperidine rings is 1. The molecule has 7 rings (SSSR count). The third kappa shape index (κ3) is 6.31. The van der Waals surface area contributed by atoms with Crippen molar-refractivity contribution in [2.75, 3.05) is 25.0 Å². The lowest BCUT2D eigenvalue weighted by molar-refractivity contribution is -0.429. The fourth-order valence-corrected chi connectivity index (χ4v) is 5.64. The van der Waals surface area contributed by atoms with Crippen LogP contribution in [0, 0.1) is 0 Å². The van der Waals surface area contributed by atoms with Crippen LogP contribution in [0.2, 0.25) is 0 Å². The van der Waals surface area contributed by atoms with Crippen LogP contribution in [0.3, 0.4) is 0 Å². The van der Waals surface area contributed by atoms with E-state index in [1.165, 1.54) is 24.9 Å². The number of hydrogen-bond acceptors (Lipinski definition) is 4. The van der Waals surface area contributed by atoms with E-state index in [2.05, 4.69) is 47.3 Å². The van der Waals surface area contributed by atoms with E-state index in [1.807, 2.05) is 108 Å². The third-order valence-corrected chi connectivity index (χ3v) is 7.85. The Labute approximate surface area is 258 Å². The van der Waals surface area contributed by atoms with Crippen LogP contribution in [-0.2, 0) is 0 Å². The Morgan fingerprint density at radius 1 is 0.636 bits per heavy atom. The van der Waals surface area contributed by atoms with Crippen LogP contribution in [-0.4, -0.2) is 40.3 Å². The van der Waals surface area contributed by atoms with Crippen molar-refractivity contribution in [2.45, 2.75) is 19.3 Å². The molecule has 0 radical (unpaired) electrons. The molecule has 0 spiro atoms. The van der Waals surface area contributed by atoms with Gasteiger partial charge in [-0.2, -0.15) is 0 Å². The summed E-state index contributed by atoms with van der Waals surface area (Å²) in [6, 6.07) is 40.0. The van der Waals surface area contributed by atoms with Gasteiger partial charge in [0.25, 0.3) is 6.20 Å². The van der Waals surface area contributed by atoms with Crippen LogP contribution in [0.25, 0.3) is 22.4 Å². The van der Waals surface area contributed by atoms with Crippen molar-refractivity contribution in [3.8, 4) is 45.4 Å². The lowest BCUT2D eigenvalue weighted by Crippen LogP contribution is -2.29. The maximum Gasteiger partial charge on any atom is 0.495 e. The zero-order chi connectivity index (χ0) is 29.7. The lowest BCUT2D eigenvalue weighted by atomic mass is 10.0. The molecule has 0 atom stereocenters. The molecule has 2 aliphatic rings. The first-order chi connectivity index (χ1) is 21.7. The van der Waals surface area contributed by atoms with Crippen LogP contribution >= 0.6 is 0 Å². The maximum absolute atomic E-state index is 6.33. The number of anilines is 1. The standard InChI is InChI=1S/C38H34N4O2/c1-40-20-21-42(28-40)32-11-9-15-36(26-32)44-35-14-8-10-30(23-35)38-25-29(16-17-39-38)31-22-33(41-18-6-3-7-19-41)27-37(24-31)43-34-12-4-2-5-13-34/h2,4-5,8-17,20-27H,3,6-7,18-19H2,1H3/q+2. The van der Waals surface area contributed by atoms with Crippen LogP contribution < -0.4 is 14.4 Å². The monoisotopic (exact) mass is 578 g/mol. The average Bonchev–Trinajstić information content (AvgIpc) is 3.52. The van der Waals surface area contributed by atoms with Crippen molar-refractivity contribution < 1.29 is 18.6 Å². The fourth-order valence-electron chi connectivity index (χ4n) is 5.64. The second-order valence-corrected chi connectivity index (χ2v) is 11.1. The molecule has 1 saturated heterocycles. The van der Waals surface area contributed by atoms with Crippen LogP contribution in [0.5, 0.6) is 23.0 Å². The summed E-state index contributed by atoms with van der Waals surface area (Å²) in [6.45, 7) is 2.13. The molecule has 2 aliphatic heterocycles. The molecule has 0 aliphatic carbocycles. The van der Waals surface area contributed by atoms with E-state index in [-0.39, 0.29) is 0 Å². The van der Waals surface area contributed by atoms with Gasteiger partial charge in [-0.1, -0.05) is 45.5 Å². The fraction of sp³-hybridized carbons (Fsp3) is 0.158. The normalized spacial score (nSPS) is 14.2. The summed E-state index contributed by atoms with van der Waals surface area (Å²) in [7, 11) is 1.95. The summed E-state index contributed by atoms with van der Waals surface area (Å²) >= 11 is 0. The van der Waals surface area contributed by atoms with Gasteiger partial charge in [-0.05, 0) is 85.0 Å². The molecule has 6 nitrogen and oxygen atoms in total. The molecule has 1 aromatic heterocycles. The summed E-state index contributed by atoms with van der Waals surface area (Å²) < 4.78 is 16.5. The second kappa shape index (κ2) is 12.4. The lowest BCUT2D eigenvalue weighted by Gasteiger charge is -2.29. The number of rotatable bonds is 8. The van der Waals surface area contributed by atoms with Crippen LogP contribution in [0.15, 0.2) is 128 Å². The first-order valence-electron chi connectivity index (χ1n) is 15.1. The highest BCUT2D eigenvalue weighted by Gasteiger charge is 2.17. The molecule has 6 heteroatoms. The number of ether oxygens (including phenoxy) is 2. The van der Waals surface area contributed by atoms with E-state index in [4.69, 9.17) is 14.5 Å². The van der Waals surface area contributed by atoms with Gasteiger partial charge < -0.3 is 14.4 Å². The molecule has 0 bridgehead atoms. The Hall–Kier alpha value is -5.45. The summed E-state index contributed by atoms with van der Waals surface area (Å²) in [5, 5.41) is 0. The molecule has 0 N–H and O–H groups in total. The van der Waals surface area contributed by atoms with E-state index >= 15 is 0 Å². The Morgan fingerprint density at radius 3 is 2.20 bits per heavy atom. The zero-order valence-electron chi connectivity index (χ0n) is 24.8. The van der Waals surface area contributed by atoms with Gasteiger partial charge in [0.05, 0.1) is 11.8 Å². The molecule has 0 saturated carbocycles. The number of para-hydroxylation sites is 1. The number of benzene rings is 4. The van der Waals surface area contributed by atoms with Gasteiger partial charge in [-0.3, -0.25) is 4.98 Å². The summed E-state index contributed by atoms with van der Waals surface area (Å²) in [5.74, 6) is 3.16. The SMILES string of the molecule is C[N+]1=C=[N+](c2cccc(Oc3cccc(-c4cc(-c5cc(Oc6ccccc6)cc(N6CCCCC6)c5)ccn4)c3)c2)C=C1. The smallest absolute Gasteiger partial charge is 0.457 e. The average molecular weight is 579 g/mol. The maximum atomic E-state index is 6.33. The molecular weight excluding hydrogens is 544 g/mol. The highest BCUT2D eigenvalue weighted by atomic mass is 16.5. The minimum absolute atomic E-state index is 0.750. The topological polar surface area (TPSA) is 40.6 Å². The van der Waals surface area contributed by atoms with Crippen molar-refractivity contribution in [1.29, 1.82) is 0 Å². The Bertz CT molecular complexity index is 1900. The summed E-state index contributed by atoms with van der Waals surface area (Å²) in [5.41, 5.74) is 6.22. The number of aromatic nitrogens is 1. The molecule has 1 fully saturated rings. The van der Waals surface area contributed by atoms with E-state index < -0.39 is 0 Å². The summed E-state index contributed by atoms with van der Waals surface area (Å²) in [4.78, 5) is 7.20. The Morgan fingerprint density at radius 2 is 1.39 bits per heavy atom. The minimum Gasteiger partial charge on any atom is -0.457 e. The number of hydrogen-bond donors (Lipinski definition) is 0. The van der Waals surface area contributed by atoms with E-state index in [0.29, 0.717) is 0 Å². The highest BCUT2D eigenvalue weighted by molar-refractivity contribution is 5.75. The largest absolute Gasteiger partial charge is 0.495 e. The van der Waals surface area contributed by atoms with Crippen molar-refractivity contribution in [1.82, 2.24) is 4.98 Å². The van der Waals surface area contributed by atoms with Gasteiger partial charge in [-0.15, -0.1) is 0 Å². The second-order valence-electron chi connectivity index (χ2n) is 11.1. The van der Waals surface area contributed by atoms with Crippen LogP contribution in [0.1, 0.15) is 19.3 Å². The molecule has 3 heterocycles. The van der Waals surface area contributed by atoms with Gasteiger partial charge >= 0.3 is 6.01 Å². The van der Waals surface area contributed by atoms with Crippen molar-refractivity contribution in [2.24, 2.45) is 0 Å². The van der Waals surface area contributed by atoms with Crippen molar-refractivity contribution >= 4 is 17.4 Å². The Balaban J connectivity index is 1.18. The molecule has 0 unspecified atom stereocenters. The first kappa shape index (κ1) is 27.4. The molecule has 216 valence electrons. The third-order valence-electron chi connectivity index (χ3n) is 7.85. The Kier molecular flexibility index (Phi) is 7.73. The molecule has 4 aromatic carbocycles. The molecular formula is C38H34N4O2+2. The zero-order valence-corrected chi connectivity index (χ0v) is 24.8. The quantitative estimate of drug-likeness (QED) is 0.172. The van der Waals surface area contributed by atoms with Gasteiger partial charge in [-0.25, -0.2) is 0 Å². The molecule has 44 heavy (non-hydrogen) atoms.